The molecule has 0 saturated carbocycles. The molecule has 0 spiro atoms. The number of rotatable bonds is 5. The average molecular weight is 291 g/mol. The van der Waals surface area contributed by atoms with Crippen LogP contribution in [0.2, 0.25) is 0 Å². The van der Waals surface area contributed by atoms with Crippen LogP contribution in [0.1, 0.15) is 12.8 Å². The largest absolute Gasteiger partial charge is 0.548 e. The first-order valence-electron chi connectivity index (χ1n) is 6.98. The Morgan fingerprint density at radius 2 is 1.90 bits per heavy atom. The molecule has 2 rings (SSSR count). The fraction of sp³-hybridized carbons (Fsp3) is 0.467. The molecule has 1 aromatic rings. The highest BCUT2D eigenvalue weighted by atomic mass is 16.5. The predicted molar refractivity (Wildman–Crippen MR) is 75.9 cm³/mol. The molecular weight excluding hydrogens is 272 g/mol. The number of nitrogens with zero attached hydrogens (tertiary/aromatic N) is 1. The fourth-order valence-electron chi connectivity index (χ4n) is 2.48. The van der Waals surface area contributed by atoms with E-state index in [1.165, 1.54) is 4.90 Å². The number of hydrogen-bond acceptors (Lipinski definition) is 5. The molecule has 114 valence electrons. The number of aliphatic carboxylic acids is 1. The maximum atomic E-state index is 12.6. The van der Waals surface area contributed by atoms with Crippen LogP contribution in [0.25, 0.3) is 0 Å². The van der Waals surface area contributed by atoms with Gasteiger partial charge < -0.3 is 24.9 Å². The smallest absolute Gasteiger partial charge is 0.230 e. The molecule has 1 aliphatic rings. The van der Waals surface area contributed by atoms with Gasteiger partial charge in [0.1, 0.15) is 5.75 Å². The zero-order chi connectivity index (χ0) is 15.2. The lowest BCUT2D eigenvalue weighted by atomic mass is 9.96. The molecule has 1 aromatic carbocycles. The van der Waals surface area contributed by atoms with Gasteiger partial charge in [-0.1, -0.05) is 0 Å². The average Bonchev–Trinajstić information content (AvgIpc) is 2.53. The molecule has 0 atom stereocenters. The number of anilines is 1. The number of hydrogen-bond donors (Lipinski definition) is 1. The molecule has 0 aromatic heterocycles. The number of carbonyl (C=O) groups excluding carboxylic acids is 2. The summed E-state index contributed by atoms with van der Waals surface area (Å²) in [7, 11) is 1.55. The van der Waals surface area contributed by atoms with E-state index in [1.807, 2.05) is 0 Å². The quantitative estimate of drug-likeness (QED) is 0.811. The molecule has 1 amide bonds. The molecule has 0 aliphatic carbocycles. The van der Waals surface area contributed by atoms with Crippen LogP contribution in [0.4, 0.5) is 5.69 Å². The van der Waals surface area contributed by atoms with E-state index < -0.39 is 12.5 Å². The van der Waals surface area contributed by atoms with Crippen LogP contribution >= 0.6 is 0 Å². The number of carbonyl (C=O) groups is 2. The third-order valence-electron chi connectivity index (χ3n) is 3.63. The summed E-state index contributed by atoms with van der Waals surface area (Å²) in [4.78, 5) is 24.8. The summed E-state index contributed by atoms with van der Waals surface area (Å²) in [6.07, 6.45) is 1.44. The third kappa shape index (κ3) is 3.95. The van der Waals surface area contributed by atoms with Gasteiger partial charge in [0, 0.05) is 11.6 Å². The van der Waals surface area contributed by atoms with Gasteiger partial charge in [-0.3, -0.25) is 4.79 Å². The predicted octanol–water partition coefficient (Wildman–Crippen LogP) is -0.222. The van der Waals surface area contributed by atoms with Crippen LogP contribution in [0, 0.1) is 5.92 Å². The van der Waals surface area contributed by atoms with E-state index >= 15 is 0 Å². The van der Waals surface area contributed by atoms with Crippen molar-refractivity contribution in [2.24, 2.45) is 5.92 Å². The van der Waals surface area contributed by atoms with Crippen molar-refractivity contribution < 1.29 is 19.4 Å². The monoisotopic (exact) mass is 291 g/mol. The van der Waals surface area contributed by atoms with Gasteiger partial charge in [-0.25, -0.2) is 0 Å². The number of carboxylic acid groups (broad SMARTS) is 1. The van der Waals surface area contributed by atoms with Crippen molar-refractivity contribution in [2.75, 3.05) is 31.6 Å². The first-order chi connectivity index (χ1) is 10.1. The lowest BCUT2D eigenvalue weighted by Crippen LogP contribution is -2.46. The van der Waals surface area contributed by atoms with Crippen LogP contribution < -0.4 is 20.1 Å². The van der Waals surface area contributed by atoms with E-state index in [9.17, 15) is 14.7 Å². The van der Waals surface area contributed by atoms with Crippen LogP contribution in [0.15, 0.2) is 24.3 Å². The number of nitrogens with one attached hydrogen (secondary N) is 1. The van der Waals surface area contributed by atoms with Gasteiger partial charge in [0.15, 0.2) is 0 Å². The number of ether oxygens (including phenoxy) is 1. The maximum absolute atomic E-state index is 12.6. The second-order valence-corrected chi connectivity index (χ2v) is 5.02. The van der Waals surface area contributed by atoms with Crippen molar-refractivity contribution in [3.8, 4) is 5.75 Å². The van der Waals surface area contributed by atoms with Crippen LogP contribution in [-0.2, 0) is 9.59 Å². The summed E-state index contributed by atoms with van der Waals surface area (Å²) >= 11 is 0. The summed E-state index contributed by atoms with van der Waals surface area (Å²) in [6.45, 7) is 1.12. The molecule has 6 heteroatoms. The zero-order valence-corrected chi connectivity index (χ0v) is 12.0. The molecule has 0 unspecified atom stereocenters. The van der Waals surface area contributed by atoms with Crippen molar-refractivity contribution in [2.45, 2.75) is 12.8 Å². The van der Waals surface area contributed by atoms with Gasteiger partial charge in [-0.05, 0) is 50.2 Å². The second kappa shape index (κ2) is 7.08. The summed E-state index contributed by atoms with van der Waals surface area (Å²) in [5.41, 5.74) is 0.545. The molecule has 1 aliphatic heterocycles. The molecule has 0 radical (unpaired) electrons. The van der Waals surface area contributed by atoms with E-state index in [-0.39, 0.29) is 11.8 Å². The minimum atomic E-state index is -1.27. The van der Waals surface area contributed by atoms with E-state index in [4.69, 9.17) is 4.74 Å². The highest BCUT2D eigenvalue weighted by Gasteiger charge is 2.26. The molecule has 1 heterocycles. The Balaban J connectivity index is 2.19. The number of amides is 1. The summed E-state index contributed by atoms with van der Waals surface area (Å²) < 4.78 is 5.07. The summed E-state index contributed by atoms with van der Waals surface area (Å²) in [5, 5.41) is 14.1. The van der Waals surface area contributed by atoms with Crippen molar-refractivity contribution >= 4 is 17.6 Å². The fourth-order valence-corrected chi connectivity index (χ4v) is 2.48. The number of piperidine rings is 1. The lowest BCUT2D eigenvalue weighted by molar-refractivity contribution is -0.303. The van der Waals surface area contributed by atoms with E-state index in [0.29, 0.717) is 11.4 Å². The molecule has 1 saturated heterocycles. The minimum Gasteiger partial charge on any atom is -0.548 e. The maximum Gasteiger partial charge on any atom is 0.230 e. The van der Waals surface area contributed by atoms with Crippen molar-refractivity contribution in [1.29, 1.82) is 0 Å². The third-order valence-corrected chi connectivity index (χ3v) is 3.63. The Kier molecular flexibility index (Phi) is 5.16. The van der Waals surface area contributed by atoms with Crippen LogP contribution in [0.5, 0.6) is 5.75 Å². The van der Waals surface area contributed by atoms with Gasteiger partial charge in [0.25, 0.3) is 0 Å². The zero-order valence-electron chi connectivity index (χ0n) is 12.0. The first kappa shape index (κ1) is 15.3. The SMILES string of the molecule is COc1ccc(N(CC(=O)[O-])C(=O)C2CCNCC2)cc1. The van der Waals surface area contributed by atoms with E-state index in [1.54, 1.807) is 31.4 Å². The standard InChI is InChI=1S/C15H20N2O4/c1-21-13-4-2-12(3-5-13)17(10-14(18)19)15(20)11-6-8-16-9-7-11/h2-5,11,16H,6-10H2,1H3,(H,18,19)/p-1. The van der Waals surface area contributed by atoms with Gasteiger partial charge >= 0.3 is 0 Å². The van der Waals surface area contributed by atoms with Crippen molar-refractivity contribution in [3.05, 3.63) is 24.3 Å². The van der Waals surface area contributed by atoms with Crippen molar-refractivity contribution in [1.82, 2.24) is 5.32 Å². The Morgan fingerprint density at radius 3 is 2.43 bits per heavy atom. The molecule has 6 nitrogen and oxygen atoms in total. The van der Waals surface area contributed by atoms with Crippen LogP contribution in [-0.4, -0.2) is 38.6 Å². The highest BCUT2D eigenvalue weighted by Crippen LogP contribution is 2.23. The van der Waals surface area contributed by atoms with Crippen molar-refractivity contribution in [3.63, 3.8) is 0 Å². The van der Waals surface area contributed by atoms with Gasteiger partial charge in [0.05, 0.1) is 19.6 Å². The highest BCUT2D eigenvalue weighted by molar-refractivity contribution is 5.98. The van der Waals surface area contributed by atoms with E-state index in [0.717, 1.165) is 25.9 Å². The minimum absolute atomic E-state index is 0.146. The lowest BCUT2D eigenvalue weighted by Gasteiger charge is -2.30. The second-order valence-electron chi connectivity index (χ2n) is 5.02. The van der Waals surface area contributed by atoms with Gasteiger partial charge in [-0.15, -0.1) is 0 Å². The Hall–Kier alpha value is -2.08. The van der Waals surface area contributed by atoms with Gasteiger partial charge in [0.2, 0.25) is 5.91 Å². The molecular formula is C15H19N2O4-. The summed E-state index contributed by atoms with van der Waals surface area (Å²) in [6, 6.07) is 6.77. The number of carboxylic acids is 1. The molecule has 1 N–H and O–H groups in total. The summed E-state index contributed by atoms with van der Waals surface area (Å²) in [5.74, 6) is -0.923. The van der Waals surface area contributed by atoms with E-state index in [2.05, 4.69) is 5.32 Å². The first-order valence-corrected chi connectivity index (χ1v) is 6.98. The van der Waals surface area contributed by atoms with Gasteiger partial charge in [-0.2, -0.15) is 0 Å². The normalized spacial score (nSPS) is 15.5. The Bertz CT molecular complexity index is 495. The molecule has 21 heavy (non-hydrogen) atoms. The molecule has 0 bridgehead atoms. The Morgan fingerprint density at radius 1 is 1.29 bits per heavy atom. The van der Waals surface area contributed by atoms with Crippen LogP contribution in [0.3, 0.4) is 0 Å². The number of benzene rings is 1. The topological polar surface area (TPSA) is 81.7 Å². The number of methoxy groups -OCH3 is 1. The molecule has 1 fully saturated rings. The Labute approximate surface area is 123 Å².